The third-order valence-corrected chi connectivity index (χ3v) is 5.35. The van der Waals surface area contributed by atoms with Crippen LogP contribution in [0.3, 0.4) is 0 Å². The Bertz CT molecular complexity index is 672. The molecule has 0 aliphatic rings. The van der Waals surface area contributed by atoms with Crippen LogP contribution in [0.1, 0.15) is 18.5 Å². The van der Waals surface area contributed by atoms with Gasteiger partial charge in [0.1, 0.15) is 10.0 Å². The number of aromatic nitrogens is 1. The van der Waals surface area contributed by atoms with Crippen LogP contribution in [0.5, 0.6) is 0 Å². The summed E-state index contributed by atoms with van der Waals surface area (Å²) in [5, 5.41) is 3.96. The van der Waals surface area contributed by atoms with Gasteiger partial charge in [-0.15, -0.1) is 0 Å². The van der Waals surface area contributed by atoms with Crippen LogP contribution >= 0.6 is 34.5 Å². The zero-order valence-corrected chi connectivity index (χ0v) is 12.9. The van der Waals surface area contributed by atoms with E-state index in [0.717, 1.165) is 5.56 Å². The first-order valence-electron chi connectivity index (χ1n) is 5.25. The molecule has 102 valence electrons. The molecular formula is C11H10Cl2N2O2S2. The first-order chi connectivity index (χ1) is 8.90. The SMILES string of the molecule is CC(NS(=O)(=O)c1cnc(Cl)c(Cl)c1)c1ccsc1. The first-order valence-corrected chi connectivity index (χ1v) is 8.44. The van der Waals surface area contributed by atoms with Gasteiger partial charge in [0.2, 0.25) is 10.0 Å². The fourth-order valence-corrected chi connectivity index (χ4v) is 3.73. The molecule has 0 bridgehead atoms. The van der Waals surface area contributed by atoms with Gasteiger partial charge in [-0.1, -0.05) is 23.2 Å². The van der Waals surface area contributed by atoms with E-state index >= 15 is 0 Å². The Balaban J connectivity index is 2.25. The highest BCUT2D eigenvalue weighted by molar-refractivity contribution is 7.89. The number of pyridine rings is 1. The predicted octanol–water partition coefficient (Wildman–Crippen LogP) is 3.49. The summed E-state index contributed by atoms with van der Waals surface area (Å²) in [4.78, 5) is 3.72. The molecular weight excluding hydrogens is 327 g/mol. The van der Waals surface area contributed by atoms with E-state index in [0.29, 0.717) is 0 Å². The number of hydrogen-bond donors (Lipinski definition) is 1. The Morgan fingerprint density at radius 1 is 1.42 bits per heavy atom. The summed E-state index contributed by atoms with van der Waals surface area (Å²) in [5.74, 6) is 0. The van der Waals surface area contributed by atoms with E-state index in [-0.39, 0.29) is 21.1 Å². The molecule has 0 aliphatic carbocycles. The molecule has 0 amide bonds. The minimum Gasteiger partial charge on any atom is -0.242 e. The molecule has 2 aromatic rings. The van der Waals surface area contributed by atoms with Crippen molar-refractivity contribution in [2.24, 2.45) is 0 Å². The highest BCUT2D eigenvalue weighted by Crippen LogP contribution is 2.24. The predicted molar refractivity (Wildman–Crippen MR) is 77.3 cm³/mol. The van der Waals surface area contributed by atoms with Crippen LogP contribution in [-0.2, 0) is 10.0 Å². The van der Waals surface area contributed by atoms with Gasteiger partial charge in [-0.3, -0.25) is 0 Å². The number of nitrogens with zero attached hydrogens (tertiary/aromatic N) is 1. The minimum absolute atomic E-state index is 0.0102. The van der Waals surface area contributed by atoms with Gasteiger partial charge in [0.25, 0.3) is 0 Å². The van der Waals surface area contributed by atoms with Gasteiger partial charge in [0.15, 0.2) is 0 Å². The van der Waals surface area contributed by atoms with Crippen LogP contribution in [-0.4, -0.2) is 13.4 Å². The van der Waals surface area contributed by atoms with E-state index in [9.17, 15) is 8.42 Å². The Kier molecular flexibility index (Phi) is 4.47. The van der Waals surface area contributed by atoms with Gasteiger partial charge in [-0.2, -0.15) is 11.3 Å². The minimum atomic E-state index is -3.68. The van der Waals surface area contributed by atoms with E-state index in [1.165, 1.54) is 23.6 Å². The van der Waals surface area contributed by atoms with Crippen molar-refractivity contribution >= 4 is 44.6 Å². The number of nitrogens with one attached hydrogen (secondary N) is 1. The number of thiophene rings is 1. The molecule has 19 heavy (non-hydrogen) atoms. The maximum atomic E-state index is 12.2. The Morgan fingerprint density at radius 3 is 2.74 bits per heavy atom. The molecule has 2 aromatic heterocycles. The van der Waals surface area contributed by atoms with Gasteiger partial charge >= 0.3 is 0 Å². The Hall–Kier alpha value is -0.660. The van der Waals surface area contributed by atoms with Gasteiger partial charge in [-0.25, -0.2) is 18.1 Å². The maximum absolute atomic E-state index is 12.2. The van der Waals surface area contributed by atoms with Gasteiger partial charge < -0.3 is 0 Å². The Labute approximate surface area is 125 Å². The molecule has 1 atom stereocenters. The molecule has 0 saturated carbocycles. The van der Waals surface area contributed by atoms with Crippen LogP contribution in [0.4, 0.5) is 0 Å². The molecule has 1 unspecified atom stereocenters. The molecule has 0 aromatic carbocycles. The quantitative estimate of drug-likeness (QED) is 0.869. The van der Waals surface area contributed by atoms with Crippen molar-refractivity contribution in [3.8, 4) is 0 Å². The molecule has 8 heteroatoms. The highest BCUT2D eigenvalue weighted by atomic mass is 35.5. The monoisotopic (exact) mass is 336 g/mol. The van der Waals surface area contributed by atoms with Crippen LogP contribution < -0.4 is 4.72 Å². The highest BCUT2D eigenvalue weighted by Gasteiger charge is 2.20. The average molecular weight is 337 g/mol. The van der Waals surface area contributed by atoms with Crippen molar-refractivity contribution in [2.75, 3.05) is 0 Å². The van der Waals surface area contributed by atoms with Crippen molar-refractivity contribution < 1.29 is 8.42 Å². The second-order valence-electron chi connectivity index (χ2n) is 3.84. The molecule has 0 saturated heterocycles. The molecule has 4 nitrogen and oxygen atoms in total. The second kappa shape index (κ2) is 5.76. The number of halogens is 2. The topological polar surface area (TPSA) is 59.1 Å². The standard InChI is InChI=1S/C11H10Cl2N2O2S2/c1-7(8-2-3-18-6-8)15-19(16,17)9-4-10(12)11(13)14-5-9/h2-7,15H,1H3. The third-order valence-electron chi connectivity index (χ3n) is 2.46. The van der Waals surface area contributed by atoms with Crippen molar-refractivity contribution in [3.05, 3.63) is 44.8 Å². The second-order valence-corrected chi connectivity index (χ2v) is 7.10. The summed E-state index contributed by atoms with van der Waals surface area (Å²) in [6, 6.07) is 2.82. The molecule has 0 aliphatic heterocycles. The van der Waals surface area contributed by atoms with Crippen LogP contribution in [0.2, 0.25) is 10.2 Å². The van der Waals surface area contributed by atoms with Gasteiger partial charge in [0, 0.05) is 12.2 Å². The van der Waals surface area contributed by atoms with E-state index in [2.05, 4.69) is 9.71 Å². The molecule has 2 heterocycles. The lowest BCUT2D eigenvalue weighted by molar-refractivity contribution is 0.567. The lowest BCUT2D eigenvalue weighted by atomic mass is 10.2. The summed E-state index contributed by atoms with van der Waals surface area (Å²) in [6.45, 7) is 1.77. The van der Waals surface area contributed by atoms with Crippen molar-refractivity contribution in [3.63, 3.8) is 0 Å². The molecule has 0 radical (unpaired) electrons. The maximum Gasteiger partial charge on any atom is 0.242 e. The van der Waals surface area contributed by atoms with Crippen LogP contribution in [0.15, 0.2) is 34.0 Å². The van der Waals surface area contributed by atoms with E-state index in [4.69, 9.17) is 23.2 Å². The summed E-state index contributed by atoms with van der Waals surface area (Å²) in [7, 11) is -3.68. The van der Waals surface area contributed by atoms with Crippen molar-refractivity contribution in [2.45, 2.75) is 17.9 Å². The zero-order chi connectivity index (χ0) is 14.0. The Morgan fingerprint density at radius 2 is 2.16 bits per heavy atom. The van der Waals surface area contributed by atoms with Gasteiger partial charge in [-0.05, 0) is 35.4 Å². The average Bonchev–Trinajstić information content (AvgIpc) is 2.85. The summed E-state index contributed by atoms with van der Waals surface area (Å²) >= 11 is 12.9. The fourth-order valence-electron chi connectivity index (χ4n) is 1.44. The van der Waals surface area contributed by atoms with Crippen LogP contribution in [0.25, 0.3) is 0 Å². The third kappa shape index (κ3) is 3.46. The van der Waals surface area contributed by atoms with Crippen molar-refractivity contribution in [1.82, 2.24) is 9.71 Å². The lowest BCUT2D eigenvalue weighted by Gasteiger charge is -2.13. The fraction of sp³-hybridized carbons (Fsp3) is 0.182. The summed E-state index contributed by atoms with van der Waals surface area (Å²) in [5.41, 5.74) is 0.904. The number of rotatable bonds is 4. The normalized spacial score (nSPS) is 13.4. The van der Waals surface area contributed by atoms with Crippen molar-refractivity contribution in [1.29, 1.82) is 0 Å². The van der Waals surface area contributed by atoms with E-state index in [1.807, 2.05) is 16.8 Å². The van der Waals surface area contributed by atoms with E-state index in [1.54, 1.807) is 6.92 Å². The largest absolute Gasteiger partial charge is 0.242 e. The summed E-state index contributed by atoms with van der Waals surface area (Å²) < 4.78 is 26.9. The molecule has 2 rings (SSSR count). The van der Waals surface area contributed by atoms with Crippen LogP contribution in [0, 0.1) is 0 Å². The summed E-state index contributed by atoms with van der Waals surface area (Å²) in [6.07, 6.45) is 1.18. The molecule has 1 N–H and O–H groups in total. The zero-order valence-electron chi connectivity index (χ0n) is 9.80. The number of sulfonamides is 1. The molecule has 0 fully saturated rings. The molecule has 0 spiro atoms. The number of hydrogen-bond acceptors (Lipinski definition) is 4. The van der Waals surface area contributed by atoms with Gasteiger partial charge in [0.05, 0.1) is 5.02 Å². The van der Waals surface area contributed by atoms with E-state index < -0.39 is 10.0 Å². The lowest BCUT2D eigenvalue weighted by Crippen LogP contribution is -2.26. The first kappa shape index (κ1) is 14.7. The smallest absolute Gasteiger partial charge is 0.242 e.